The first-order chi connectivity index (χ1) is 30.2. The van der Waals surface area contributed by atoms with E-state index in [1.165, 1.54) is 30.6 Å². The van der Waals surface area contributed by atoms with Gasteiger partial charge < -0.3 is 28.4 Å². The summed E-state index contributed by atoms with van der Waals surface area (Å²) in [4.78, 5) is 69.8. The number of carbonyl (C=O) groups excluding carboxylic acids is 5. The third-order valence-corrected chi connectivity index (χ3v) is 11.3. The van der Waals surface area contributed by atoms with Crippen molar-refractivity contribution in [2.75, 3.05) is 13.7 Å². The molecule has 0 unspecified atom stereocenters. The Morgan fingerprint density at radius 1 is 0.597 bits per heavy atom. The minimum Gasteiger partial charge on any atom is -0.496 e. The van der Waals surface area contributed by atoms with E-state index >= 15 is 0 Å². The Hall–Kier alpha value is -7.41. The molecule has 7 aromatic rings. The third-order valence-electron chi connectivity index (χ3n) is 10.2. The second-order valence-electron chi connectivity index (χ2n) is 14.2. The predicted molar refractivity (Wildman–Crippen MR) is 230 cm³/mol. The maximum Gasteiger partial charge on any atom is 0.343 e. The third kappa shape index (κ3) is 9.31. The van der Waals surface area contributed by atoms with Crippen molar-refractivity contribution in [3.63, 3.8) is 0 Å². The van der Waals surface area contributed by atoms with Crippen molar-refractivity contribution in [3.8, 4) is 11.5 Å². The van der Waals surface area contributed by atoms with Crippen LogP contribution >= 0.6 is 11.3 Å². The highest BCUT2D eigenvalue weighted by Gasteiger charge is 2.47. The molecule has 0 N–H and O–H groups in total. The van der Waals surface area contributed by atoms with Gasteiger partial charge in [-0.15, -0.1) is 11.3 Å². The minimum absolute atomic E-state index is 0.0840. The summed E-state index contributed by atoms with van der Waals surface area (Å²) in [5, 5.41) is 0.868. The Morgan fingerprint density at radius 3 is 1.71 bits per heavy atom. The predicted octanol–water partition coefficient (Wildman–Crippen LogP) is 9.50. The van der Waals surface area contributed by atoms with E-state index in [4.69, 9.17) is 28.4 Å². The van der Waals surface area contributed by atoms with Gasteiger partial charge in [0.1, 0.15) is 30.3 Å². The summed E-state index contributed by atoms with van der Waals surface area (Å²) >= 11 is 1.30. The van der Waals surface area contributed by atoms with Gasteiger partial charge in [0, 0.05) is 22.8 Å². The van der Waals surface area contributed by atoms with Crippen LogP contribution in [0.15, 0.2) is 164 Å². The van der Waals surface area contributed by atoms with Crippen LogP contribution in [-0.2, 0) is 18.9 Å². The Morgan fingerprint density at radius 2 is 1.13 bits per heavy atom. The van der Waals surface area contributed by atoms with Crippen LogP contribution in [0.3, 0.4) is 0 Å². The van der Waals surface area contributed by atoms with Gasteiger partial charge in [-0.05, 0) is 72.1 Å². The van der Waals surface area contributed by atoms with Gasteiger partial charge in [0.15, 0.2) is 6.10 Å². The largest absolute Gasteiger partial charge is 0.496 e. The van der Waals surface area contributed by atoms with Crippen molar-refractivity contribution < 1.29 is 52.4 Å². The van der Waals surface area contributed by atoms with E-state index in [0.717, 1.165) is 10.1 Å². The van der Waals surface area contributed by atoms with Gasteiger partial charge in [-0.1, -0.05) is 91.0 Å². The molecule has 0 saturated carbocycles. The van der Waals surface area contributed by atoms with Gasteiger partial charge in [0.2, 0.25) is 5.78 Å². The first-order valence-corrected chi connectivity index (χ1v) is 20.5. The van der Waals surface area contributed by atoms with E-state index in [1.807, 2.05) is 24.3 Å². The van der Waals surface area contributed by atoms with Crippen molar-refractivity contribution >= 4 is 51.1 Å². The van der Waals surface area contributed by atoms with Crippen LogP contribution in [0, 0.1) is 0 Å². The van der Waals surface area contributed by atoms with Crippen LogP contribution < -0.4 is 9.47 Å². The molecule has 62 heavy (non-hydrogen) atoms. The Kier molecular flexibility index (Phi) is 12.6. The molecule has 0 bridgehead atoms. The molecule has 1 fully saturated rings. The van der Waals surface area contributed by atoms with E-state index in [0.29, 0.717) is 10.4 Å². The van der Waals surface area contributed by atoms with Crippen molar-refractivity contribution in [1.29, 1.82) is 0 Å². The summed E-state index contributed by atoms with van der Waals surface area (Å²) in [5.41, 5.74) is 1.13. The molecular formula is C50H38O11S. The number of ether oxygens (including phenoxy) is 6. The zero-order chi connectivity index (χ0) is 43.0. The van der Waals surface area contributed by atoms with E-state index in [1.54, 1.807) is 127 Å². The average Bonchev–Trinajstić information content (AvgIpc) is 3.77. The fourth-order valence-electron chi connectivity index (χ4n) is 7.11. The molecule has 1 saturated heterocycles. The highest BCUT2D eigenvalue weighted by Crippen LogP contribution is 2.44. The highest BCUT2D eigenvalue weighted by molar-refractivity contribution is 7.21. The number of rotatable bonds is 13. The first kappa shape index (κ1) is 41.3. The van der Waals surface area contributed by atoms with Gasteiger partial charge in [-0.3, -0.25) is 4.79 Å². The molecule has 0 amide bonds. The molecule has 0 aliphatic carbocycles. The van der Waals surface area contributed by atoms with Crippen LogP contribution in [-0.4, -0.2) is 61.7 Å². The molecular weight excluding hydrogens is 809 g/mol. The van der Waals surface area contributed by atoms with Crippen molar-refractivity contribution in [2.45, 2.75) is 30.8 Å². The van der Waals surface area contributed by atoms with E-state index < -0.39 is 54.1 Å². The number of esters is 4. The lowest BCUT2D eigenvalue weighted by molar-refractivity contribution is -0.182. The van der Waals surface area contributed by atoms with E-state index in [9.17, 15) is 24.0 Å². The number of fused-ring (bicyclic) bond motifs is 1. The molecule has 8 rings (SSSR count). The highest BCUT2D eigenvalue weighted by atomic mass is 32.1. The van der Waals surface area contributed by atoms with Gasteiger partial charge in [-0.25, -0.2) is 19.2 Å². The molecule has 2 heterocycles. The maximum absolute atomic E-state index is 14.5. The molecule has 4 atom stereocenters. The fourth-order valence-corrected chi connectivity index (χ4v) is 8.12. The second kappa shape index (κ2) is 18.9. The van der Waals surface area contributed by atoms with Crippen molar-refractivity contribution in [1.82, 2.24) is 0 Å². The Balaban J connectivity index is 1.27. The molecule has 310 valence electrons. The molecule has 0 radical (unpaired) electrons. The molecule has 1 aliphatic rings. The Bertz CT molecular complexity index is 2690. The summed E-state index contributed by atoms with van der Waals surface area (Å²) in [6.07, 6.45) is -5.10. The van der Waals surface area contributed by atoms with Crippen LogP contribution in [0.1, 0.15) is 74.8 Å². The smallest absolute Gasteiger partial charge is 0.343 e. The van der Waals surface area contributed by atoms with Crippen molar-refractivity contribution in [3.05, 3.63) is 202 Å². The minimum atomic E-state index is -1.41. The second-order valence-corrected chi connectivity index (χ2v) is 15.3. The topological polar surface area (TPSA) is 141 Å². The molecule has 0 spiro atoms. The number of hydrogen-bond acceptors (Lipinski definition) is 12. The number of ketones is 1. The van der Waals surface area contributed by atoms with E-state index in [2.05, 4.69) is 0 Å². The van der Waals surface area contributed by atoms with E-state index in [-0.39, 0.29) is 52.3 Å². The van der Waals surface area contributed by atoms with Gasteiger partial charge in [0.25, 0.3) is 0 Å². The van der Waals surface area contributed by atoms with Gasteiger partial charge >= 0.3 is 23.9 Å². The maximum atomic E-state index is 14.5. The summed E-state index contributed by atoms with van der Waals surface area (Å²) in [5.74, 6) is -3.27. The number of carbonyl (C=O) groups is 5. The van der Waals surface area contributed by atoms with Gasteiger partial charge in [0.05, 0.1) is 45.9 Å². The summed E-state index contributed by atoms with van der Waals surface area (Å²) in [7, 11) is 1.39. The lowest BCUT2D eigenvalue weighted by Gasteiger charge is -2.41. The quantitative estimate of drug-likeness (QED) is 0.0474. The van der Waals surface area contributed by atoms with Crippen LogP contribution in [0.5, 0.6) is 11.5 Å². The number of methoxy groups -OCH3 is 1. The number of thiophene rings is 1. The van der Waals surface area contributed by atoms with Crippen LogP contribution in [0.25, 0.3) is 10.1 Å². The lowest BCUT2D eigenvalue weighted by Crippen LogP contribution is -2.49. The summed E-state index contributed by atoms with van der Waals surface area (Å²) in [6, 6.07) is 45.4. The zero-order valence-electron chi connectivity index (χ0n) is 33.2. The molecule has 1 aliphatic heterocycles. The number of benzene rings is 6. The van der Waals surface area contributed by atoms with Crippen LogP contribution in [0.2, 0.25) is 0 Å². The molecule has 11 nitrogen and oxygen atoms in total. The molecule has 1 aromatic heterocycles. The zero-order valence-corrected chi connectivity index (χ0v) is 34.0. The monoisotopic (exact) mass is 846 g/mol. The normalized spacial score (nSPS) is 17.0. The molecule has 12 heteroatoms. The van der Waals surface area contributed by atoms with Crippen molar-refractivity contribution in [2.24, 2.45) is 0 Å². The SMILES string of the molecule is COc1cc(OC(=O)c2ccccc2)c([C@@H]2O[C@H](COC(=O)c3ccccc3)C[C@H](OC(=O)c3ccccc3)[C@H]2OC(=O)c2ccccc2)cc1C(=O)c1cc2ccccc2s1. The summed E-state index contributed by atoms with van der Waals surface area (Å²) < 4.78 is 37.7. The molecule has 6 aromatic carbocycles. The van der Waals surface area contributed by atoms with Crippen LogP contribution in [0.4, 0.5) is 0 Å². The van der Waals surface area contributed by atoms with Gasteiger partial charge in [-0.2, -0.15) is 0 Å². The Labute approximate surface area is 360 Å². The fraction of sp³-hybridized carbons (Fsp3) is 0.140. The average molecular weight is 847 g/mol. The lowest BCUT2D eigenvalue weighted by atomic mass is 9.90. The standard InChI is InChI=1S/C50H38O11S/c1-56-39-29-40(59-48(53)32-18-8-3-9-19-32)38(28-37(39)44(51)43-26-35-24-14-15-25-42(35)62-43)45-46(61-50(55)34-22-12-5-13-23-34)41(60-49(54)33-20-10-4-11-21-33)27-36(58-45)30-57-47(52)31-16-6-2-7-17-31/h2-26,28-29,36,41,45-46H,27,30H2,1H3/t36-,41-,45-,46+/m0/s1. The summed E-state index contributed by atoms with van der Waals surface area (Å²) in [6.45, 7) is -0.314. The first-order valence-electron chi connectivity index (χ1n) is 19.7. The number of hydrogen-bond donors (Lipinski definition) is 0.